The van der Waals surface area contributed by atoms with Crippen LogP contribution in [0.5, 0.6) is 0 Å². The molecule has 1 rings (SSSR count). The van der Waals surface area contributed by atoms with Crippen molar-refractivity contribution in [1.82, 2.24) is 5.32 Å². The van der Waals surface area contributed by atoms with Gasteiger partial charge in [0, 0.05) is 12.3 Å². The van der Waals surface area contributed by atoms with E-state index in [1.807, 2.05) is 7.05 Å². The van der Waals surface area contributed by atoms with E-state index in [0.717, 1.165) is 12.8 Å². The van der Waals surface area contributed by atoms with Gasteiger partial charge in [-0.25, -0.2) is 8.42 Å². The van der Waals surface area contributed by atoms with Crippen LogP contribution in [-0.2, 0) is 9.84 Å². The van der Waals surface area contributed by atoms with Gasteiger partial charge in [0.2, 0.25) is 0 Å². The molecule has 0 amide bonds. The van der Waals surface area contributed by atoms with Crippen molar-refractivity contribution in [2.45, 2.75) is 51.5 Å². The van der Waals surface area contributed by atoms with Crippen molar-refractivity contribution in [3.63, 3.8) is 0 Å². The van der Waals surface area contributed by atoms with E-state index in [4.69, 9.17) is 0 Å². The van der Waals surface area contributed by atoms with E-state index in [1.165, 1.54) is 31.9 Å². The van der Waals surface area contributed by atoms with Crippen molar-refractivity contribution in [2.24, 2.45) is 5.41 Å². The van der Waals surface area contributed by atoms with Gasteiger partial charge >= 0.3 is 0 Å². The average Bonchev–Trinajstić information content (AvgIpc) is 2.67. The van der Waals surface area contributed by atoms with Crippen LogP contribution in [0.4, 0.5) is 0 Å². The van der Waals surface area contributed by atoms with Gasteiger partial charge in [-0.05, 0) is 38.1 Å². The maximum atomic E-state index is 11.2. The number of hydrogen-bond acceptors (Lipinski definition) is 3. The van der Waals surface area contributed by atoms with Gasteiger partial charge in [-0.1, -0.05) is 19.8 Å². The smallest absolute Gasteiger partial charge is 0.147 e. The minimum absolute atomic E-state index is 0.306. The normalized spacial score (nSPS) is 22.2. The quantitative estimate of drug-likeness (QED) is 0.780. The molecular formula is C12H25NO2S. The lowest BCUT2D eigenvalue weighted by Crippen LogP contribution is -2.43. The fourth-order valence-corrected chi connectivity index (χ4v) is 3.78. The number of hydrogen-bond donors (Lipinski definition) is 1. The lowest BCUT2D eigenvalue weighted by atomic mass is 9.75. The van der Waals surface area contributed by atoms with Crippen molar-refractivity contribution in [3.05, 3.63) is 0 Å². The molecule has 1 fully saturated rings. The van der Waals surface area contributed by atoms with Gasteiger partial charge in [0.05, 0.1) is 5.75 Å². The Labute approximate surface area is 99.9 Å². The fourth-order valence-electron chi connectivity index (χ4n) is 3.12. The highest BCUT2D eigenvalue weighted by Crippen LogP contribution is 2.44. The van der Waals surface area contributed by atoms with E-state index >= 15 is 0 Å². The first-order valence-corrected chi connectivity index (χ1v) is 8.34. The monoisotopic (exact) mass is 247 g/mol. The van der Waals surface area contributed by atoms with Gasteiger partial charge in [0.25, 0.3) is 0 Å². The van der Waals surface area contributed by atoms with E-state index < -0.39 is 9.84 Å². The van der Waals surface area contributed by atoms with E-state index in [0.29, 0.717) is 17.2 Å². The Morgan fingerprint density at radius 1 is 1.31 bits per heavy atom. The van der Waals surface area contributed by atoms with Crippen molar-refractivity contribution >= 4 is 9.84 Å². The zero-order chi connectivity index (χ0) is 12.2. The molecule has 1 aliphatic rings. The zero-order valence-corrected chi connectivity index (χ0v) is 11.6. The molecule has 96 valence electrons. The lowest BCUT2D eigenvalue weighted by molar-refractivity contribution is 0.189. The second kappa shape index (κ2) is 5.50. The Kier molecular flexibility index (Phi) is 4.80. The molecule has 1 aliphatic carbocycles. The van der Waals surface area contributed by atoms with Crippen LogP contribution in [0.25, 0.3) is 0 Å². The summed E-state index contributed by atoms with van der Waals surface area (Å²) in [5.41, 5.74) is 0.347. The molecule has 1 unspecified atom stereocenters. The minimum atomic E-state index is -2.83. The molecule has 16 heavy (non-hydrogen) atoms. The summed E-state index contributed by atoms with van der Waals surface area (Å²) in [6.45, 7) is 2.23. The zero-order valence-electron chi connectivity index (χ0n) is 10.8. The summed E-state index contributed by atoms with van der Waals surface area (Å²) in [7, 11) is -0.873. The third kappa shape index (κ3) is 3.45. The largest absolute Gasteiger partial charge is 0.316 e. The molecule has 4 heteroatoms. The van der Waals surface area contributed by atoms with Crippen molar-refractivity contribution < 1.29 is 8.42 Å². The van der Waals surface area contributed by atoms with Crippen LogP contribution in [0.15, 0.2) is 0 Å². The second-order valence-electron chi connectivity index (χ2n) is 5.18. The Bertz CT molecular complexity index is 305. The molecule has 0 aromatic heterocycles. The summed E-state index contributed by atoms with van der Waals surface area (Å²) in [6.07, 6.45) is 8.33. The molecule has 0 heterocycles. The molecule has 1 saturated carbocycles. The molecule has 1 atom stereocenters. The SMILES string of the molecule is CCC1(C(CCS(C)(=O)=O)NC)CCCC1. The standard InChI is InChI=1S/C12H25NO2S/c1-4-12(8-5-6-9-12)11(13-2)7-10-16(3,14)15/h11,13H,4-10H2,1-3H3. The maximum Gasteiger partial charge on any atom is 0.147 e. The van der Waals surface area contributed by atoms with Crippen molar-refractivity contribution in [3.8, 4) is 0 Å². The third-order valence-electron chi connectivity index (χ3n) is 4.17. The summed E-state index contributed by atoms with van der Waals surface area (Å²) >= 11 is 0. The van der Waals surface area contributed by atoms with Gasteiger partial charge in [-0.15, -0.1) is 0 Å². The van der Waals surface area contributed by atoms with Crippen molar-refractivity contribution in [1.29, 1.82) is 0 Å². The molecule has 0 saturated heterocycles. The topological polar surface area (TPSA) is 46.2 Å². The highest BCUT2D eigenvalue weighted by Gasteiger charge is 2.38. The Balaban J connectivity index is 2.65. The molecule has 3 nitrogen and oxygen atoms in total. The molecule has 0 aromatic rings. The van der Waals surface area contributed by atoms with Gasteiger partial charge in [-0.2, -0.15) is 0 Å². The highest BCUT2D eigenvalue weighted by molar-refractivity contribution is 7.90. The van der Waals surface area contributed by atoms with Crippen LogP contribution >= 0.6 is 0 Å². The van der Waals surface area contributed by atoms with E-state index in [-0.39, 0.29) is 0 Å². The summed E-state index contributed by atoms with van der Waals surface area (Å²) in [6, 6.07) is 0.356. The van der Waals surface area contributed by atoms with Crippen LogP contribution in [-0.4, -0.2) is 33.5 Å². The van der Waals surface area contributed by atoms with E-state index in [1.54, 1.807) is 0 Å². The second-order valence-corrected chi connectivity index (χ2v) is 7.44. The molecule has 0 aliphatic heterocycles. The van der Waals surface area contributed by atoms with Gasteiger partial charge in [0.15, 0.2) is 0 Å². The van der Waals surface area contributed by atoms with E-state index in [2.05, 4.69) is 12.2 Å². The summed E-state index contributed by atoms with van der Waals surface area (Å²) in [4.78, 5) is 0. The highest BCUT2D eigenvalue weighted by atomic mass is 32.2. The first-order chi connectivity index (χ1) is 7.43. The Morgan fingerprint density at radius 3 is 2.25 bits per heavy atom. The molecule has 0 bridgehead atoms. The minimum Gasteiger partial charge on any atom is -0.316 e. The Hall–Kier alpha value is -0.0900. The number of rotatable bonds is 6. The van der Waals surface area contributed by atoms with Crippen LogP contribution < -0.4 is 5.32 Å². The first-order valence-electron chi connectivity index (χ1n) is 6.28. The summed E-state index contributed by atoms with van der Waals surface area (Å²) in [5, 5.41) is 3.34. The molecule has 0 spiro atoms. The molecular weight excluding hydrogens is 222 g/mol. The number of sulfone groups is 1. The molecule has 0 radical (unpaired) electrons. The van der Waals surface area contributed by atoms with Crippen LogP contribution in [0.2, 0.25) is 0 Å². The maximum absolute atomic E-state index is 11.2. The summed E-state index contributed by atoms with van der Waals surface area (Å²) < 4.78 is 22.5. The Morgan fingerprint density at radius 2 is 1.88 bits per heavy atom. The van der Waals surface area contributed by atoms with Crippen LogP contribution in [0.3, 0.4) is 0 Å². The van der Waals surface area contributed by atoms with E-state index in [9.17, 15) is 8.42 Å². The number of nitrogens with one attached hydrogen (secondary N) is 1. The van der Waals surface area contributed by atoms with Crippen LogP contribution in [0.1, 0.15) is 45.4 Å². The van der Waals surface area contributed by atoms with Gasteiger partial charge in [-0.3, -0.25) is 0 Å². The predicted molar refractivity (Wildman–Crippen MR) is 68.4 cm³/mol. The van der Waals surface area contributed by atoms with Crippen molar-refractivity contribution in [2.75, 3.05) is 19.1 Å². The first kappa shape index (κ1) is 14.0. The predicted octanol–water partition coefficient (Wildman–Crippen LogP) is 1.98. The third-order valence-corrected chi connectivity index (χ3v) is 5.15. The van der Waals surface area contributed by atoms with Gasteiger partial charge < -0.3 is 5.32 Å². The molecule has 0 aromatic carbocycles. The lowest BCUT2D eigenvalue weighted by Gasteiger charge is -2.37. The summed E-state index contributed by atoms with van der Waals surface area (Å²) in [5.74, 6) is 0.306. The average molecular weight is 247 g/mol. The fraction of sp³-hybridized carbons (Fsp3) is 1.00. The van der Waals surface area contributed by atoms with Crippen LogP contribution in [0, 0.1) is 5.41 Å². The van der Waals surface area contributed by atoms with Gasteiger partial charge in [0.1, 0.15) is 9.84 Å². The molecule has 1 N–H and O–H groups in total.